The minimum absolute atomic E-state index is 0.0565. The van der Waals surface area contributed by atoms with Crippen LogP contribution >= 0.6 is 0 Å². The van der Waals surface area contributed by atoms with E-state index in [0.717, 1.165) is 23.8 Å². The molecule has 3 nitrogen and oxygen atoms in total. The number of carbonyl (C=O) groups is 2. The van der Waals surface area contributed by atoms with Crippen LogP contribution in [0.4, 0.5) is 0 Å². The number of rotatable bonds is 3. The predicted molar refractivity (Wildman–Crippen MR) is 71.2 cm³/mol. The number of allylic oxidation sites excluding steroid dienone is 1. The van der Waals surface area contributed by atoms with E-state index in [1.165, 1.54) is 0 Å². The third-order valence-corrected chi connectivity index (χ3v) is 3.56. The molecule has 1 aromatic rings. The van der Waals surface area contributed by atoms with Gasteiger partial charge in [0.1, 0.15) is 6.29 Å². The van der Waals surface area contributed by atoms with Gasteiger partial charge in [-0.3, -0.25) is 9.59 Å². The van der Waals surface area contributed by atoms with Crippen molar-refractivity contribution >= 4 is 17.8 Å². The van der Waals surface area contributed by atoms with Crippen molar-refractivity contribution < 1.29 is 9.59 Å². The third-order valence-electron chi connectivity index (χ3n) is 3.56. The van der Waals surface area contributed by atoms with Gasteiger partial charge >= 0.3 is 0 Å². The fourth-order valence-corrected chi connectivity index (χ4v) is 2.35. The van der Waals surface area contributed by atoms with Gasteiger partial charge in [0, 0.05) is 5.56 Å². The van der Waals surface area contributed by atoms with Crippen molar-refractivity contribution in [1.29, 1.82) is 0 Å². The molecule has 94 valence electrons. The smallest absolute Gasteiger partial charge is 0.252 e. The van der Waals surface area contributed by atoms with Gasteiger partial charge in [-0.25, -0.2) is 0 Å². The Bertz CT molecular complexity index is 505. The third kappa shape index (κ3) is 2.08. The number of amides is 1. The van der Waals surface area contributed by atoms with E-state index in [0.29, 0.717) is 11.5 Å². The number of hydrogen-bond donors (Lipinski definition) is 1. The van der Waals surface area contributed by atoms with E-state index in [1.807, 2.05) is 18.2 Å². The average molecular weight is 243 g/mol. The fraction of sp³-hybridized carbons (Fsp3) is 0.333. The molecule has 1 N–H and O–H groups in total. The lowest BCUT2D eigenvalue weighted by atomic mass is 9.83. The highest BCUT2D eigenvalue weighted by Gasteiger charge is 2.30. The van der Waals surface area contributed by atoms with Crippen molar-refractivity contribution in [3.8, 4) is 0 Å². The summed E-state index contributed by atoms with van der Waals surface area (Å²) in [6, 6.07) is 7.33. The number of fused-ring (bicyclic) bond motifs is 1. The van der Waals surface area contributed by atoms with Gasteiger partial charge in [-0.1, -0.05) is 38.5 Å². The van der Waals surface area contributed by atoms with Gasteiger partial charge in [-0.2, -0.15) is 0 Å². The summed E-state index contributed by atoms with van der Waals surface area (Å²) in [5.74, 6) is 0.243. The van der Waals surface area contributed by atoms with Gasteiger partial charge in [0.25, 0.3) is 5.91 Å². The summed E-state index contributed by atoms with van der Waals surface area (Å²) < 4.78 is 0. The molecular formula is C15H17NO2. The van der Waals surface area contributed by atoms with Gasteiger partial charge in [0.05, 0.1) is 6.04 Å². The lowest BCUT2D eigenvalue weighted by molar-refractivity contribution is -0.104. The monoisotopic (exact) mass is 243 g/mol. The summed E-state index contributed by atoms with van der Waals surface area (Å²) in [4.78, 5) is 22.9. The van der Waals surface area contributed by atoms with Crippen LogP contribution in [-0.4, -0.2) is 18.2 Å². The Morgan fingerprint density at radius 1 is 1.33 bits per heavy atom. The van der Waals surface area contributed by atoms with Crippen molar-refractivity contribution in [2.24, 2.45) is 5.92 Å². The van der Waals surface area contributed by atoms with Crippen LogP contribution in [0.1, 0.15) is 36.2 Å². The van der Waals surface area contributed by atoms with Gasteiger partial charge < -0.3 is 5.32 Å². The number of hydrogen-bond acceptors (Lipinski definition) is 2. The minimum Gasteiger partial charge on any atom is -0.345 e. The summed E-state index contributed by atoms with van der Waals surface area (Å²) in [6.07, 6.45) is 3.30. The van der Waals surface area contributed by atoms with Gasteiger partial charge in [0.2, 0.25) is 0 Å². The first-order valence-corrected chi connectivity index (χ1v) is 6.24. The first kappa shape index (κ1) is 12.6. The molecule has 0 bridgehead atoms. The van der Waals surface area contributed by atoms with Crippen LogP contribution in [0.15, 0.2) is 30.3 Å². The predicted octanol–water partition coefficient (Wildman–Crippen LogP) is 2.43. The molecule has 3 heteroatoms. The molecule has 2 atom stereocenters. The SMILES string of the molecule is CC[C@H](C)[C@@H]1NC(=O)c2ccccc2/C1=C/C=O. The molecule has 1 aliphatic rings. The molecule has 0 unspecified atom stereocenters. The minimum atomic E-state index is -0.0809. The lowest BCUT2D eigenvalue weighted by Gasteiger charge is -2.32. The first-order valence-electron chi connectivity index (χ1n) is 6.24. The van der Waals surface area contributed by atoms with Crippen LogP contribution in [0.2, 0.25) is 0 Å². The van der Waals surface area contributed by atoms with E-state index < -0.39 is 0 Å². The Kier molecular flexibility index (Phi) is 3.60. The zero-order valence-electron chi connectivity index (χ0n) is 10.6. The second kappa shape index (κ2) is 5.17. The largest absolute Gasteiger partial charge is 0.345 e. The molecule has 1 aliphatic heterocycles. The Balaban J connectivity index is 2.54. The normalized spacial score (nSPS) is 22.2. The number of carbonyl (C=O) groups excluding carboxylic acids is 2. The van der Waals surface area contributed by atoms with Crippen LogP contribution in [0.25, 0.3) is 5.57 Å². The standard InChI is InChI=1S/C15H17NO2/c1-3-10(2)14-12(8-9-17)11-6-4-5-7-13(11)15(18)16-14/h4-10,14H,3H2,1-2H3,(H,16,18)/b12-8-/t10-,14-/m0/s1. The molecule has 1 amide bonds. The van der Waals surface area contributed by atoms with Crippen LogP contribution in [-0.2, 0) is 4.79 Å². The molecule has 2 rings (SSSR count). The Hall–Kier alpha value is -1.90. The lowest BCUT2D eigenvalue weighted by Crippen LogP contribution is -2.44. The molecule has 0 fully saturated rings. The second-order valence-electron chi connectivity index (χ2n) is 4.64. The van der Waals surface area contributed by atoms with E-state index in [1.54, 1.807) is 12.1 Å². The maximum absolute atomic E-state index is 12.0. The summed E-state index contributed by atoms with van der Waals surface area (Å²) in [7, 11) is 0. The number of benzene rings is 1. The molecule has 0 saturated heterocycles. The molecule has 18 heavy (non-hydrogen) atoms. The molecule has 0 aromatic heterocycles. The maximum Gasteiger partial charge on any atom is 0.252 e. The second-order valence-corrected chi connectivity index (χ2v) is 4.64. The summed E-state index contributed by atoms with van der Waals surface area (Å²) in [6.45, 7) is 4.16. The molecule has 0 aliphatic carbocycles. The highest BCUT2D eigenvalue weighted by Crippen LogP contribution is 2.31. The van der Waals surface area contributed by atoms with Crippen molar-refractivity contribution in [2.45, 2.75) is 26.3 Å². The number of nitrogens with one attached hydrogen (secondary N) is 1. The van der Waals surface area contributed by atoms with Crippen molar-refractivity contribution in [3.63, 3.8) is 0 Å². The van der Waals surface area contributed by atoms with E-state index in [2.05, 4.69) is 19.2 Å². The topological polar surface area (TPSA) is 46.2 Å². The quantitative estimate of drug-likeness (QED) is 0.654. The van der Waals surface area contributed by atoms with Crippen LogP contribution in [0.3, 0.4) is 0 Å². The van der Waals surface area contributed by atoms with Gasteiger partial charge in [0.15, 0.2) is 0 Å². The van der Waals surface area contributed by atoms with Crippen molar-refractivity contribution in [1.82, 2.24) is 5.32 Å². The van der Waals surface area contributed by atoms with E-state index >= 15 is 0 Å². The highest BCUT2D eigenvalue weighted by atomic mass is 16.1. The summed E-state index contributed by atoms with van der Waals surface area (Å²) >= 11 is 0. The molecule has 1 aromatic carbocycles. The summed E-state index contributed by atoms with van der Waals surface area (Å²) in [5, 5.41) is 2.99. The van der Waals surface area contributed by atoms with Crippen LogP contribution < -0.4 is 5.32 Å². The van der Waals surface area contributed by atoms with Crippen LogP contribution in [0.5, 0.6) is 0 Å². The van der Waals surface area contributed by atoms with E-state index in [4.69, 9.17) is 0 Å². The van der Waals surface area contributed by atoms with Crippen molar-refractivity contribution in [3.05, 3.63) is 41.5 Å². The highest BCUT2D eigenvalue weighted by molar-refractivity contribution is 6.05. The van der Waals surface area contributed by atoms with E-state index in [-0.39, 0.29) is 11.9 Å². The van der Waals surface area contributed by atoms with Crippen molar-refractivity contribution in [2.75, 3.05) is 0 Å². The number of aldehydes is 1. The van der Waals surface area contributed by atoms with E-state index in [9.17, 15) is 9.59 Å². The average Bonchev–Trinajstić information content (AvgIpc) is 2.41. The molecular weight excluding hydrogens is 226 g/mol. The van der Waals surface area contributed by atoms with Gasteiger partial charge in [-0.15, -0.1) is 0 Å². The zero-order valence-corrected chi connectivity index (χ0v) is 10.6. The maximum atomic E-state index is 12.0. The Labute approximate surface area is 107 Å². The molecule has 0 radical (unpaired) electrons. The Morgan fingerprint density at radius 3 is 2.61 bits per heavy atom. The summed E-state index contributed by atoms with van der Waals surface area (Å²) in [5.41, 5.74) is 2.43. The molecule has 0 saturated carbocycles. The molecule has 0 spiro atoms. The fourth-order valence-electron chi connectivity index (χ4n) is 2.35. The van der Waals surface area contributed by atoms with Gasteiger partial charge in [-0.05, 0) is 29.2 Å². The first-order chi connectivity index (χ1) is 8.69. The molecule has 1 heterocycles. The Morgan fingerprint density at radius 2 is 2.00 bits per heavy atom. The zero-order chi connectivity index (χ0) is 13.1. The van der Waals surface area contributed by atoms with Crippen LogP contribution in [0, 0.1) is 5.92 Å².